The van der Waals surface area contributed by atoms with Crippen LogP contribution in [0.1, 0.15) is 46.6 Å². The minimum atomic E-state index is 0.0318. The first-order valence-electron chi connectivity index (χ1n) is 11.6. The van der Waals surface area contributed by atoms with Crippen molar-refractivity contribution in [3.8, 4) is 11.5 Å². The monoisotopic (exact) mass is 473 g/mol. The number of carbonyl (C=O) groups excluding carboxylic acids is 1. The molecular formula is C27H27N3O3S. The molecule has 0 unspecified atom stereocenters. The van der Waals surface area contributed by atoms with Crippen LogP contribution in [0, 0.1) is 0 Å². The van der Waals surface area contributed by atoms with Crippen molar-refractivity contribution in [1.29, 1.82) is 0 Å². The predicted molar refractivity (Wildman–Crippen MR) is 134 cm³/mol. The van der Waals surface area contributed by atoms with E-state index in [9.17, 15) is 4.79 Å². The van der Waals surface area contributed by atoms with Crippen LogP contribution in [-0.4, -0.2) is 40.5 Å². The third-order valence-electron chi connectivity index (χ3n) is 6.08. The van der Waals surface area contributed by atoms with Gasteiger partial charge in [0, 0.05) is 37.0 Å². The Morgan fingerprint density at radius 1 is 1.03 bits per heavy atom. The van der Waals surface area contributed by atoms with Crippen molar-refractivity contribution < 1.29 is 14.3 Å². The number of hydrogen-bond acceptors (Lipinski definition) is 6. The number of amides is 1. The van der Waals surface area contributed by atoms with Gasteiger partial charge in [0.05, 0.1) is 21.8 Å². The van der Waals surface area contributed by atoms with Gasteiger partial charge in [-0.2, -0.15) is 0 Å². The molecule has 0 radical (unpaired) electrons. The number of aromatic nitrogens is 2. The minimum Gasteiger partial charge on any atom is -0.490 e. The number of para-hydroxylation sites is 1. The number of piperidine rings is 1. The first-order chi connectivity index (χ1) is 16.7. The van der Waals surface area contributed by atoms with Gasteiger partial charge < -0.3 is 14.4 Å². The van der Waals surface area contributed by atoms with E-state index in [4.69, 9.17) is 14.5 Å². The van der Waals surface area contributed by atoms with E-state index in [2.05, 4.69) is 23.2 Å². The van der Waals surface area contributed by atoms with Crippen molar-refractivity contribution in [3.63, 3.8) is 0 Å². The summed E-state index contributed by atoms with van der Waals surface area (Å²) in [6.07, 6.45) is 5.34. The lowest BCUT2D eigenvalue weighted by Crippen LogP contribution is -2.37. The lowest BCUT2D eigenvalue weighted by atomic mass is 9.97. The number of likely N-dealkylation sites (tertiary alicyclic amines) is 1. The Labute approximate surface area is 203 Å². The molecule has 34 heavy (non-hydrogen) atoms. The van der Waals surface area contributed by atoms with E-state index in [-0.39, 0.29) is 5.91 Å². The Balaban J connectivity index is 1.24. The SMILES string of the molecule is CCOc1cc(C(=O)N2CCC(c3nc4ccccc4s3)CC2)ccc1OCc1ccncc1. The number of fused-ring (bicyclic) bond motifs is 1. The second-order valence-corrected chi connectivity index (χ2v) is 9.39. The summed E-state index contributed by atoms with van der Waals surface area (Å²) in [6, 6.07) is 17.5. The third kappa shape index (κ3) is 4.89. The van der Waals surface area contributed by atoms with Gasteiger partial charge >= 0.3 is 0 Å². The summed E-state index contributed by atoms with van der Waals surface area (Å²) in [4.78, 5) is 24.0. The van der Waals surface area contributed by atoms with Crippen molar-refractivity contribution in [3.05, 3.63) is 83.1 Å². The molecule has 2 aromatic heterocycles. The van der Waals surface area contributed by atoms with Crippen LogP contribution in [0.3, 0.4) is 0 Å². The lowest BCUT2D eigenvalue weighted by Gasteiger charge is -2.31. The minimum absolute atomic E-state index is 0.0318. The molecule has 0 spiro atoms. The molecule has 1 aliphatic rings. The van der Waals surface area contributed by atoms with Gasteiger partial charge in [-0.25, -0.2) is 4.98 Å². The molecule has 7 heteroatoms. The summed E-state index contributed by atoms with van der Waals surface area (Å²) in [5, 5.41) is 1.18. The smallest absolute Gasteiger partial charge is 0.253 e. The number of rotatable bonds is 7. The first-order valence-corrected chi connectivity index (χ1v) is 12.5. The fraction of sp³-hybridized carbons (Fsp3) is 0.296. The summed E-state index contributed by atoms with van der Waals surface area (Å²) in [7, 11) is 0. The van der Waals surface area contributed by atoms with Gasteiger partial charge in [-0.05, 0) is 67.8 Å². The number of nitrogens with zero attached hydrogens (tertiary/aromatic N) is 3. The van der Waals surface area contributed by atoms with Crippen molar-refractivity contribution in [2.24, 2.45) is 0 Å². The quantitative estimate of drug-likeness (QED) is 0.345. The highest BCUT2D eigenvalue weighted by Gasteiger charge is 2.27. The average Bonchev–Trinajstić information content (AvgIpc) is 3.33. The first kappa shape index (κ1) is 22.3. The molecule has 3 heterocycles. The summed E-state index contributed by atoms with van der Waals surface area (Å²) >= 11 is 1.77. The second-order valence-electron chi connectivity index (χ2n) is 8.32. The average molecular weight is 474 g/mol. The number of thiazole rings is 1. The third-order valence-corrected chi connectivity index (χ3v) is 7.27. The van der Waals surface area contributed by atoms with Crippen LogP contribution in [0.15, 0.2) is 67.0 Å². The zero-order valence-corrected chi connectivity index (χ0v) is 20.0. The summed E-state index contributed by atoms with van der Waals surface area (Å²) in [6.45, 7) is 4.29. The molecule has 1 aliphatic heterocycles. The standard InChI is InChI=1S/C27H27N3O3S/c1-2-32-24-17-21(7-8-23(24)33-18-19-9-13-28-14-10-19)27(31)30-15-11-20(12-16-30)26-29-22-5-3-4-6-25(22)34-26/h3-10,13-14,17,20H,2,11-12,15-16,18H2,1H3. The van der Waals surface area contributed by atoms with Crippen LogP contribution in [0.2, 0.25) is 0 Å². The van der Waals surface area contributed by atoms with E-state index in [0.29, 0.717) is 36.2 Å². The molecule has 0 bridgehead atoms. The molecular weight excluding hydrogens is 446 g/mol. The molecule has 0 N–H and O–H groups in total. The predicted octanol–water partition coefficient (Wildman–Crippen LogP) is 5.69. The van der Waals surface area contributed by atoms with E-state index < -0.39 is 0 Å². The van der Waals surface area contributed by atoms with Crippen molar-refractivity contribution in [1.82, 2.24) is 14.9 Å². The zero-order valence-electron chi connectivity index (χ0n) is 19.1. The van der Waals surface area contributed by atoms with Crippen LogP contribution < -0.4 is 9.47 Å². The number of benzene rings is 2. The number of carbonyl (C=O) groups is 1. The highest BCUT2D eigenvalue weighted by Crippen LogP contribution is 2.35. The highest BCUT2D eigenvalue weighted by molar-refractivity contribution is 7.18. The molecule has 4 aromatic rings. The molecule has 6 nitrogen and oxygen atoms in total. The lowest BCUT2D eigenvalue weighted by molar-refractivity contribution is 0.0712. The maximum absolute atomic E-state index is 13.2. The molecule has 0 atom stereocenters. The topological polar surface area (TPSA) is 64.5 Å². The van der Waals surface area contributed by atoms with Crippen LogP contribution in [-0.2, 0) is 6.61 Å². The van der Waals surface area contributed by atoms with Gasteiger partial charge in [-0.1, -0.05) is 12.1 Å². The van der Waals surface area contributed by atoms with Crippen molar-refractivity contribution >= 4 is 27.5 Å². The summed E-state index contributed by atoms with van der Waals surface area (Å²) in [5.41, 5.74) is 2.71. The number of ether oxygens (including phenoxy) is 2. The molecule has 0 aliphatic carbocycles. The molecule has 1 fully saturated rings. The molecule has 0 saturated carbocycles. The Bertz CT molecular complexity index is 1230. The Hall–Kier alpha value is -3.45. The van der Waals surface area contributed by atoms with Gasteiger partial charge in [-0.3, -0.25) is 9.78 Å². The van der Waals surface area contributed by atoms with Gasteiger partial charge in [-0.15, -0.1) is 11.3 Å². The van der Waals surface area contributed by atoms with E-state index >= 15 is 0 Å². The number of hydrogen-bond donors (Lipinski definition) is 0. The fourth-order valence-electron chi connectivity index (χ4n) is 4.25. The second kappa shape index (κ2) is 10.2. The highest BCUT2D eigenvalue weighted by atomic mass is 32.1. The van der Waals surface area contributed by atoms with Gasteiger partial charge in [0.15, 0.2) is 11.5 Å². The number of pyridine rings is 1. The van der Waals surface area contributed by atoms with Crippen molar-refractivity contribution in [2.45, 2.75) is 32.3 Å². The molecule has 174 valence electrons. The Morgan fingerprint density at radius 2 is 1.82 bits per heavy atom. The van der Waals surface area contributed by atoms with E-state index in [1.807, 2.05) is 42.2 Å². The van der Waals surface area contributed by atoms with Crippen LogP contribution in [0.5, 0.6) is 11.5 Å². The summed E-state index contributed by atoms with van der Waals surface area (Å²) < 4.78 is 13.0. The van der Waals surface area contributed by atoms with Crippen molar-refractivity contribution in [2.75, 3.05) is 19.7 Å². The fourth-order valence-corrected chi connectivity index (χ4v) is 5.38. The van der Waals surface area contributed by atoms with Gasteiger partial charge in [0.2, 0.25) is 0 Å². The maximum Gasteiger partial charge on any atom is 0.253 e. The maximum atomic E-state index is 13.2. The van der Waals surface area contributed by atoms with Gasteiger partial charge in [0.25, 0.3) is 5.91 Å². The molecule has 2 aromatic carbocycles. The largest absolute Gasteiger partial charge is 0.490 e. The molecule has 1 saturated heterocycles. The zero-order chi connectivity index (χ0) is 23.3. The molecule has 5 rings (SSSR count). The van der Waals surface area contributed by atoms with E-state index in [1.165, 1.54) is 9.71 Å². The Kier molecular flexibility index (Phi) is 6.72. The van der Waals surface area contributed by atoms with Crippen LogP contribution >= 0.6 is 11.3 Å². The Morgan fingerprint density at radius 3 is 2.59 bits per heavy atom. The van der Waals surface area contributed by atoms with E-state index in [0.717, 1.165) is 37.0 Å². The molecule has 1 amide bonds. The van der Waals surface area contributed by atoms with E-state index in [1.54, 1.807) is 29.8 Å². The normalized spacial score (nSPS) is 14.3. The summed E-state index contributed by atoms with van der Waals surface area (Å²) in [5.74, 6) is 1.66. The van der Waals surface area contributed by atoms with Gasteiger partial charge in [0.1, 0.15) is 6.61 Å². The van der Waals surface area contributed by atoms with Crippen LogP contribution in [0.25, 0.3) is 10.2 Å². The van der Waals surface area contributed by atoms with Crippen LogP contribution in [0.4, 0.5) is 0 Å².